The Morgan fingerprint density at radius 2 is 2.00 bits per heavy atom. The number of aryl methyl sites for hydroxylation is 1. The van der Waals surface area contributed by atoms with Gasteiger partial charge in [-0.1, -0.05) is 24.9 Å². The molecule has 1 atom stereocenters. The highest BCUT2D eigenvalue weighted by molar-refractivity contribution is 6.33. The zero-order valence-electron chi connectivity index (χ0n) is 14.9. The van der Waals surface area contributed by atoms with Crippen molar-refractivity contribution in [3.63, 3.8) is 0 Å². The molecule has 2 aromatic rings. The molecule has 2 rings (SSSR count). The second-order valence-corrected chi connectivity index (χ2v) is 6.33. The molecule has 0 radical (unpaired) electrons. The molecule has 0 aliphatic carbocycles. The second-order valence-electron chi connectivity index (χ2n) is 5.97. The van der Waals surface area contributed by atoms with Gasteiger partial charge in [-0.2, -0.15) is 5.10 Å². The Morgan fingerprint density at radius 1 is 1.35 bits per heavy atom. The van der Waals surface area contributed by atoms with Crippen molar-refractivity contribution >= 4 is 23.5 Å². The fourth-order valence-electron chi connectivity index (χ4n) is 2.51. The Labute approximate surface area is 156 Å². The third kappa shape index (κ3) is 4.82. The Hall–Kier alpha value is -2.41. The van der Waals surface area contributed by atoms with Gasteiger partial charge in [0.1, 0.15) is 16.5 Å². The predicted octanol–water partition coefficient (Wildman–Crippen LogP) is 3.43. The second kappa shape index (κ2) is 8.80. The number of nitrogens with one attached hydrogen (secondary N) is 1. The molecule has 0 unspecified atom stereocenters. The topological polar surface area (TPSA) is 73.2 Å². The van der Waals surface area contributed by atoms with Gasteiger partial charge in [-0.05, 0) is 44.5 Å². The average molecular weight is 382 g/mol. The number of benzene rings is 1. The maximum absolute atomic E-state index is 13.1. The minimum absolute atomic E-state index is 0.0118. The summed E-state index contributed by atoms with van der Waals surface area (Å²) in [6, 6.07) is 5.53. The number of nitrogens with zero attached hydrogens (tertiary/aromatic N) is 2. The average Bonchev–Trinajstić information content (AvgIpc) is 2.88. The van der Waals surface area contributed by atoms with E-state index in [2.05, 4.69) is 10.4 Å². The monoisotopic (exact) mass is 381 g/mol. The van der Waals surface area contributed by atoms with Crippen LogP contribution in [0, 0.1) is 12.7 Å². The van der Waals surface area contributed by atoms with Crippen molar-refractivity contribution in [1.29, 1.82) is 0 Å². The zero-order chi connectivity index (χ0) is 19.3. The van der Waals surface area contributed by atoms with Crippen LogP contribution in [0.4, 0.5) is 4.39 Å². The van der Waals surface area contributed by atoms with Crippen molar-refractivity contribution in [3.05, 3.63) is 46.5 Å². The van der Waals surface area contributed by atoms with Crippen LogP contribution in [0.3, 0.4) is 0 Å². The minimum Gasteiger partial charge on any atom is -0.452 e. The molecule has 6 nitrogen and oxygen atoms in total. The molecular weight excluding hydrogens is 361 g/mol. The SMILES string of the molecule is CCC[C@@H](C)NC(=O)COC(=O)c1c(C)nn(-c2ccc(F)cc2)c1Cl. The number of carbonyl (C=O) groups excluding carboxylic acids is 2. The molecule has 8 heteroatoms. The van der Waals surface area contributed by atoms with E-state index in [1.54, 1.807) is 6.92 Å². The van der Waals surface area contributed by atoms with Crippen LogP contribution in [0.1, 0.15) is 42.7 Å². The summed E-state index contributed by atoms with van der Waals surface area (Å²) in [4.78, 5) is 24.1. The summed E-state index contributed by atoms with van der Waals surface area (Å²) in [7, 11) is 0. The molecule has 26 heavy (non-hydrogen) atoms. The van der Waals surface area contributed by atoms with Crippen molar-refractivity contribution < 1.29 is 18.7 Å². The molecule has 140 valence electrons. The first-order valence-corrected chi connectivity index (χ1v) is 8.68. The van der Waals surface area contributed by atoms with Gasteiger partial charge in [-0.15, -0.1) is 0 Å². The zero-order valence-corrected chi connectivity index (χ0v) is 15.6. The van der Waals surface area contributed by atoms with Crippen LogP contribution in [-0.2, 0) is 9.53 Å². The number of rotatable bonds is 7. The lowest BCUT2D eigenvalue weighted by molar-refractivity contribution is -0.124. The standard InChI is InChI=1S/C18H21ClFN3O3/c1-4-5-11(2)21-15(24)10-26-18(25)16-12(3)22-23(17(16)19)14-8-6-13(20)7-9-14/h6-9,11H,4-5,10H2,1-3H3,(H,21,24)/t11-/m1/s1. The van der Waals surface area contributed by atoms with E-state index in [-0.39, 0.29) is 22.7 Å². The molecule has 1 amide bonds. The molecule has 1 aromatic carbocycles. The molecular formula is C18H21ClFN3O3. The summed E-state index contributed by atoms with van der Waals surface area (Å²) < 4.78 is 19.4. The van der Waals surface area contributed by atoms with Crippen LogP contribution in [-0.4, -0.2) is 34.3 Å². The number of carbonyl (C=O) groups is 2. The Kier molecular flexibility index (Phi) is 6.74. The van der Waals surface area contributed by atoms with Gasteiger partial charge in [0.05, 0.1) is 11.4 Å². The van der Waals surface area contributed by atoms with Crippen LogP contribution in [0.2, 0.25) is 5.15 Å². The molecule has 1 aromatic heterocycles. The first kappa shape index (κ1) is 19.9. The smallest absolute Gasteiger partial charge is 0.343 e. The summed E-state index contributed by atoms with van der Waals surface area (Å²) in [6.07, 6.45) is 1.79. The lowest BCUT2D eigenvalue weighted by Crippen LogP contribution is -2.35. The van der Waals surface area contributed by atoms with E-state index in [0.29, 0.717) is 11.4 Å². The summed E-state index contributed by atoms with van der Waals surface area (Å²) >= 11 is 6.25. The summed E-state index contributed by atoms with van der Waals surface area (Å²) in [5.41, 5.74) is 0.930. The maximum atomic E-state index is 13.1. The van der Waals surface area contributed by atoms with Gasteiger partial charge < -0.3 is 10.1 Å². The predicted molar refractivity (Wildman–Crippen MR) is 96.1 cm³/mol. The van der Waals surface area contributed by atoms with E-state index in [0.717, 1.165) is 12.8 Å². The number of hydrogen-bond donors (Lipinski definition) is 1. The van der Waals surface area contributed by atoms with Gasteiger partial charge in [-0.3, -0.25) is 4.79 Å². The van der Waals surface area contributed by atoms with Gasteiger partial charge >= 0.3 is 5.97 Å². The molecule has 0 fully saturated rings. The van der Waals surface area contributed by atoms with Crippen molar-refractivity contribution in [1.82, 2.24) is 15.1 Å². The third-order valence-electron chi connectivity index (χ3n) is 3.74. The fourth-order valence-corrected chi connectivity index (χ4v) is 2.86. The highest BCUT2D eigenvalue weighted by atomic mass is 35.5. The first-order chi connectivity index (χ1) is 12.3. The highest BCUT2D eigenvalue weighted by Crippen LogP contribution is 2.24. The molecule has 0 aliphatic heterocycles. The Balaban J connectivity index is 2.08. The molecule has 0 spiro atoms. The number of hydrogen-bond acceptors (Lipinski definition) is 4. The molecule has 1 N–H and O–H groups in total. The van der Waals surface area contributed by atoms with E-state index < -0.39 is 18.4 Å². The van der Waals surface area contributed by atoms with Crippen LogP contribution in [0.5, 0.6) is 0 Å². The largest absolute Gasteiger partial charge is 0.452 e. The lowest BCUT2D eigenvalue weighted by Gasteiger charge is -2.12. The first-order valence-electron chi connectivity index (χ1n) is 8.31. The molecule has 0 aliphatic rings. The van der Waals surface area contributed by atoms with E-state index in [9.17, 15) is 14.0 Å². The van der Waals surface area contributed by atoms with Crippen LogP contribution < -0.4 is 5.32 Å². The number of aromatic nitrogens is 2. The lowest BCUT2D eigenvalue weighted by atomic mass is 10.2. The highest BCUT2D eigenvalue weighted by Gasteiger charge is 2.23. The van der Waals surface area contributed by atoms with Crippen molar-refractivity contribution in [2.75, 3.05) is 6.61 Å². The minimum atomic E-state index is -0.737. The summed E-state index contributed by atoms with van der Waals surface area (Å²) in [5, 5.41) is 6.98. The van der Waals surface area contributed by atoms with Crippen molar-refractivity contribution in [2.24, 2.45) is 0 Å². The Bertz CT molecular complexity index is 790. The fraction of sp³-hybridized carbons (Fsp3) is 0.389. The van der Waals surface area contributed by atoms with E-state index >= 15 is 0 Å². The number of ether oxygens (including phenoxy) is 1. The quantitative estimate of drug-likeness (QED) is 0.746. The van der Waals surface area contributed by atoms with Gasteiger partial charge in [0.2, 0.25) is 0 Å². The maximum Gasteiger partial charge on any atom is 0.343 e. The molecule has 0 bridgehead atoms. The Morgan fingerprint density at radius 3 is 2.62 bits per heavy atom. The van der Waals surface area contributed by atoms with E-state index in [1.165, 1.54) is 28.9 Å². The number of halogens is 2. The van der Waals surface area contributed by atoms with Gasteiger partial charge in [0.25, 0.3) is 5.91 Å². The van der Waals surface area contributed by atoms with E-state index in [1.807, 2.05) is 13.8 Å². The van der Waals surface area contributed by atoms with Gasteiger partial charge in [0.15, 0.2) is 6.61 Å². The van der Waals surface area contributed by atoms with Crippen LogP contribution in [0.15, 0.2) is 24.3 Å². The van der Waals surface area contributed by atoms with Crippen molar-refractivity contribution in [3.8, 4) is 5.69 Å². The third-order valence-corrected chi connectivity index (χ3v) is 4.09. The number of amides is 1. The van der Waals surface area contributed by atoms with E-state index in [4.69, 9.17) is 16.3 Å². The van der Waals surface area contributed by atoms with Crippen molar-refractivity contribution in [2.45, 2.75) is 39.7 Å². The van der Waals surface area contributed by atoms with Gasteiger partial charge in [0, 0.05) is 6.04 Å². The molecule has 1 heterocycles. The molecule has 0 saturated carbocycles. The molecule has 0 saturated heterocycles. The van der Waals surface area contributed by atoms with Crippen LogP contribution >= 0.6 is 11.6 Å². The summed E-state index contributed by atoms with van der Waals surface area (Å²) in [6.45, 7) is 5.11. The van der Waals surface area contributed by atoms with Gasteiger partial charge in [-0.25, -0.2) is 13.9 Å². The normalized spacial score (nSPS) is 11.9. The van der Waals surface area contributed by atoms with Crippen LogP contribution in [0.25, 0.3) is 5.69 Å². The summed E-state index contributed by atoms with van der Waals surface area (Å²) in [5.74, 6) is -1.50. The number of esters is 1.